The van der Waals surface area contributed by atoms with Crippen molar-refractivity contribution in [2.24, 2.45) is 5.41 Å². The SMILES string of the molecule is CC(=O)NCC1(C)COC(c2nc(-c3ccc(F)cc3)c(-c3ccnc(NC4CCCCC4)c3)[nH]2)OC1. The number of aromatic amines is 1. The number of halogens is 1. The minimum Gasteiger partial charge on any atom is -0.367 e. The lowest BCUT2D eigenvalue weighted by Crippen LogP contribution is -2.45. The van der Waals surface area contributed by atoms with Crippen molar-refractivity contribution in [2.75, 3.05) is 25.1 Å². The van der Waals surface area contributed by atoms with Crippen molar-refractivity contribution in [1.29, 1.82) is 0 Å². The van der Waals surface area contributed by atoms with E-state index in [2.05, 4.69) is 20.6 Å². The number of imidazole rings is 1. The number of nitrogens with one attached hydrogen (secondary N) is 3. The zero-order valence-electron chi connectivity index (χ0n) is 21.4. The quantitative estimate of drug-likeness (QED) is 0.406. The lowest BCUT2D eigenvalue weighted by molar-refractivity contribution is -0.232. The Morgan fingerprint density at radius 2 is 1.84 bits per heavy atom. The van der Waals surface area contributed by atoms with E-state index in [9.17, 15) is 9.18 Å². The highest BCUT2D eigenvalue weighted by Crippen LogP contribution is 2.36. The summed E-state index contributed by atoms with van der Waals surface area (Å²) in [5.41, 5.74) is 2.84. The molecule has 1 aromatic carbocycles. The molecule has 3 aromatic rings. The number of hydrogen-bond acceptors (Lipinski definition) is 6. The number of anilines is 1. The number of amides is 1. The maximum atomic E-state index is 13.7. The van der Waals surface area contributed by atoms with E-state index in [1.807, 2.05) is 19.1 Å². The molecule has 0 bridgehead atoms. The van der Waals surface area contributed by atoms with Gasteiger partial charge in [0.2, 0.25) is 12.2 Å². The van der Waals surface area contributed by atoms with Gasteiger partial charge < -0.3 is 25.1 Å². The summed E-state index contributed by atoms with van der Waals surface area (Å²) in [4.78, 5) is 24.1. The van der Waals surface area contributed by atoms with Crippen molar-refractivity contribution in [3.63, 3.8) is 0 Å². The van der Waals surface area contributed by atoms with Crippen LogP contribution in [0.5, 0.6) is 0 Å². The lowest BCUT2D eigenvalue weighted by Gasteiger charge is -2.36. The number of hydrogen-bond donors (Lipinski definition) is 3. The van der Waals surface area contributed by atoms with Crippen molar-refractivity contribution in [2.45, 2.75) is 58.3 Å². The van der Waals surface area contributed by atoms with Crippen LogP contribution in [-0.2, 0) is 14.3 Å². The average Bonchev–Trinajstić information content (AvgIpc) is 3.35. The third-order valence-corrected chi connectivity index (χ3v) is 7.00. The first-order valence-corrected chi connectivity index (χ1v) is 12.9. The van der Waals surface area contributed by atoms with Crippen LogP contribution in [0.2, 0.25) is 0 Å². The van der Waals surface area contributed by atoms with Gasteiger partial charge in [-0.25, -0.2) is 14.4 Å². The van der Waals surface area contributed by atoms with Gasteiger partial charge in [0, 0.05) is 42.2 Å². The minimum atomic E-state index is -0.681. The highest BCUT2D eigenvalue weighted by atomic mass is 19.1. The number of rotatable bonds is 7. The van der Waals surface area contributed by atoms with Crippen LogP contribution in [0, 0.1) is 11.2 Å². The zero-order valence-corrected chi connectivity index (χ0v) is 21.4. The van der Waals surface area contributed by atoms with Gasteiger partial charge in [-0.1, -0.05) is 26.2 Å². The van der Waals surface area contributed by atoms with E-state index in [-0.39, 0.29) is 17.1 Å². The van der Waals surface area contributed by atoms with E-state index in [0.29, 0.717) is 37.3 Å². The monoisotopic (exact) mass is 507 g/mol. The van der Waals surface area contributed by atoms with E-state index in [4.69, 9.17) is 14.5 Å². The topological polar surface area (TPSA) is 101 Å². The standard InChI is InChI=1S/C28H34FN5O3/c1-18(35)31-15-28(2)16-36-27(37-17-28)26-33-24(19-8-10-21(29)11-9-19)25(34-26)20-12-13-30-23(14-20)32-22-6-4-3-5-7-22/h8-14,22,27H,3-7,15-17H2,1-2H3,(H,30,32)(H,31,35)(H,33,34). The summed E-state index contributed by atoms with van der Waals surface area (Å²) < 4.78 is 25.8. The van der Waals surface area contributed by atoms with Crippen molar-refractivity contribution >= 4 is 11.7 Å². The van der Waals surface area contributed by atoms with Gasteiger partial charge in [-0.05, 0) is 49.2 Å². The molecule has 2 aromatic heterocycles. The summed E-state index contributed by atoms with van der Waals surface area (Å²) in [6.45, 7) is 4.78. The van der Waals surface area contributed by atoms with Crippen LogP contribution in [0.4, 0.5) is 10.2 Å². The fourth-order valence-electron chi connectivity index (χ4n) is 4.89. The number of carbonyl (C=O) groups is 1. The van der Waals surface area contributed by atoms with Gasteiger partial charge in [0.05, 0.1) is 24.6 Å². The summed E-state index contributed by atoms with van der Waals surface area (Å²) in [5.74, 6) is 0.970. The number of H-pyrrole nitrogens is 1. The third kappa shape index (κ3) is 6.17. The minimum absolute atomic E-state index is 0.0855. The first kappa shape index (κ1) is 25.4. The fraction of sp³-hybridized carbons (Fsp3) is 0.464. The molecule has 9 heteroatoms. The molecule has 1 aliphatic carbocycles. The molecule has 2 aliphatic rings. The Bertz CT molecular complexity index is 1210. The first-order valence-electron chi connectivity index (χ1n) is 12.9. The van der Waals surface area contributed by atoms with Crippen molar-refractivity contribution in [1.82, 2.24) is 20.3 Å². The van der Waals surface area contributed by atoms with E-state index in [1.54, 1.807) is 18.3 Å². The molecule has 37 heavy (non-hydrogen) atoms. The van der Waals surface area contributed by atoms with E-state index >= 15 is 0 Å². The van der Waals surface area contributed by atoms with Gasteiger partial charge in [0.15, 0.2) is 5.82 Å². The molecular weight excluding hydrogens is 473 g/mol. The molecule has 2 fully saturated rings. The zero-order chi connectivity index (χ0) is 25.8. The fourth-order valence-corrected chi connectivity index (χ4v) is 4.89. The van der Waals surface area contributed by atoms with Crippen LogP contribution in [-0.4, -0.2) is 46.7 Å². The van der Waals surface area contributed by atoms with Crippen LogP contribution in [0.25, 0.3) is 22.5 Å². The lowest BCUT2D eigenvalue weighted by atomic mass is 9.92. The average molecular weight is 508 g/mol. The van der Waals surface area contributed by atoms with Crippen LogP contribution >= 0.6 is 0 Å². The second kappa shape index (κ2) is 11.0. The van der Waals surface area contributed by atoms with Crippen molar-refractivity contribution in [3.8, 4) is 22.5 Å². The largest absolute Gasteiger partial charge is 0.367 e. The van der Waals surface area contributed by atoms with Gasteiger partial charge in [-0.3, -0.25) is 4.79 Å². The molecule has 0 radical (unpaired) electrons. The molecule has 1 aliphatic heterocycles. The summed E-state index contributed by atoms with van der Waals surface area (Å²) in [7, 11) is 0. The van der Waals surface area contributed by atoms with Gasteiger partial charge in [0.25, 0.3) is 0 Å². The first-order chi connectivity index (χ1) is 17.9. The van der Waals surface area contributed by atoms with Crippen LogP contribution in [0.15, 0.2) is 42.6 Å². The number of benzene rings is 1. The second-order valence-corrected chi connectivity index (χ2v) is 10.4. The van der Waals surface area contributed by atoms with Crippen LogP contribution in [0.1, 0.15) is 58.1 Å². The Hall–Kier alpha value is -3.30. The highest BCUT2D eigenvalue weighted by Gasteiger charge is 2.35. The smallest absolute Gasteiger partial charge is 0.217 e. The summed E-state index contributed by atoms with van der Waals surface area (Å²) in [5, 5.41) is 6.42. The van der Waals surface area contributed by atoms with E-state index in [1.165, 1.54) is 38.3 Å². The maximum absolute atomic E-state index is 13.7. The molecule has 3 heterocycles. The molecule has 3 N–H and O–H groups in total. The molecule has 0 spiro atoms. The Morgan fingerprint density at radius 3 is 2.54 bits per heavy atom. The molecule has 0 atom stereocenters. The van der Waals surface area contributed by atoms with Gasteiger partial charge in [-0.15, -0.1) is 0 Å². The molecule has 1 amide bonds. The second-order valence-electron chi connectivity index (χ2n) is 10.4. The molecule has 8 nitrogen and oxygen atoms in total. The molecule has 196 valence electrons. The van der Waals surface area contributed by atoms with Gasteiger partial charge >= 0.3 is 0 Å². The Morgan fingerprint density at radius 1 is 1.11 bits per heavy atom. The third-order valence-electron chi connectivity index (χ3n) is 7.00. The highest BCUT2D eigenvalue weighted by molar-refractivity contribution is 5.79. The summed E-state index contributed by atoms with van der Waals surface area (Å²) in [6.07, 6.45) is 7.18. The number of carbonyl (C=O) groups excluding carboxylic acids is 1. The number of nitrogens with zero attached hydrogens (tertiary/aromatic N) is 2. The number of aromatic nitrogens is 3. The number of pyridine rings is 1. The summed E-state index contributed by atoms with van der Waals surface area (Å²) >= 11 is 0. The predicted molar refractivity (Wildman–Crippen MR) is 139 cm³/mol. The molecule has 1 saturated heterocycles. The van der Waals surface area contributed by atoms with Gasteiger partial charge in [-0.2, -0.15) is 0 Å². The Balaban J connectivity index is 1.41. The molecule has 5 rings (SSSR count). The van der Waals surface area contributed by atoms with Crippen molar-refractivity contribution < 1.29 is 18.7 Å². The normalized spacial score (nSPS) is 22.5. The maximum Gasteiger partial charge on any atom is 0.217 e. The Kier molecular flexibility index (Phi) is 7.53. The molecule has 0 unspecified atom stereocenters. The molecular formula is C28H34FN5O3. The Labute approximate surface area is 216 Å². The van der Waals surface area contributed by atoms with E-state index in [0.717, 1.165) is 35.5 Å². The van der Waals surface area contributed by atoms with Gasteiger partial charge in [0.1, 0.15) is 11.6 Å². The predicted octanol–water partition coefficient (Wildman–Crippen LogP) is 5.21. The number of ether oxygens (including phenoxy) is 2. The molecule has 1 saturated carbocycles. The van der Waals surface area contributed by atoms with Crippen LogP contribution < -0.4 is 10.6 Å². The van der Waals surface area contributed by atoms with E-state index < -0.39 is 6.29 Å². The van der Waals surface area contributed by atoms with Crippen LogP contribution in [0.3, 0.4) is 0 Å². The van der Waals surface area contributed by atoms with Crippen molar-refractivity contribution in [3.05, 3.63) is 54.2 Å². The summed E-state index contributed by atoms with van der Waals surface area (Å²) in [6, 6.07) is 10.7.